The summed E-state index contributed by atoms with van der Waals surface area (Å²) < 4.78 is 5.47. The molecule has 1 aliphatic rings. The number of morpholine rings is 1. The first-order chi connectivity index (χ1) is 12.2. The number of aliphatic imine (C=N–C) groups is 1. The summed E-state index contributed by atoms with van der Waals surface area (Å²) >= 11 is 1.72. The molecule has 1 fully saturated rings. The van der Waals surface area contributed by atoms with Crippen LogP contribution >= 0.6 is 11.3 Å². The lowest BCUT2D eigenvalue weighted by Crippen LogP contribution is -2.56. The van der Waals surface area contributed by atoms with Gasteiger partial charge in [-0.15, -0.1) is 11.3 Å². The van der Waals surface area contributed by atoms with Crippen molar-refractivity contribution in [3.05, 3.63) is 16.1 Å². The SMILES string of the molecule is CCNC(=NCc1csc(C(C)(C)C)n1)NCC(C)(C)N1CCOCC1. The first kappa shape index (κ1) is 21.1. The summed E-state index contributed by atoms with van der Waals surface area (Å²) in [6.45, 7) is 19.1. The molecular weight excluding hydrogens is 346 g/mol. The van der Waals surface area contributed by atoms with Crippen LogP contribution in [0.4, 0.5) is 0 Å². The van der Waals surface area contributed by atoms with E-state index in [0.717, 1.165) is 56.1 Å². The summed E-state index contributed by atoms with van der Waals surface area (Å²) in [6, 6.07) is 0. The van der Waals surface area contributed by atoms with Crippen molar-refractivity contribution in [3.8, 4) is 0 Å². The lowest BCUT2D eigenvalue weighted by atomic mass is 9.98. The van der Waals surface area contributed by atoms with E-state index in [1.54, 1.807) is 11.3 Å². The van der Waals surface area contributed by atoms with Gasteiger partial charge in [0.25, 0.3) is 0 Å². The fraction of sp³-hybridized carbons (Fsp3) is 0.789. The average Bonchev–Trinajstić information content (AvgIpc) is 3.07. The van der Waals surface area contributed by atoms with Crippen LogP contribution in [0, 0.1) is 0 Å². The Morgan fingerprint density at radius 1 is 1.23 bits per heavy atom. The maximum Gasteiger partial charge on any atom is 0.191 e. The molecule has 0 radical (unpaired) electrons. The summed E-state index contributed by atoms with van der Waals surface area (Å²) in [6.07, 6.45) is 0. The van der Waals surface area contributed by atoms with Crippen LogP contribution in [0.5, 0.6) is 0 Å². The second kappa shape index (κ2) is 9.15. The van der Waals surface area contributed by atoms with E-state index in [9.17, 15) is 0 Å². The molecule has 0 unspecified atom stereocenters. The van der Waals surface area contributed by atoms with Gasteiger partial charge in [-0.05, 0) is 20.8 Å². The number of guanidine groups is 1. The smallest absolute Gasteiger partial charge is 0.191 e. The van der Waals surface area contributed by atoms with E-state index in [4.69, 9.17) is 14.7 Å². The van der Waals surface area contributed by atoms with Crippen LogP contribution in [0.25, 0.3) is 0 Å². The maximum atomic E-state index is 5.47. The number of hydrogen-bond donors (Lipinski definition) is 2. The van der Waals surface area contributed by atoms with E-state index in [1.807, 2.05) is 0 Å². The van der Waals surface area contributed by atoms with Crippen molar-refractivity contribution in [2.45, 2.75) is 59.0 Å². The van der Waals surface area contributed by atoms with Gasteiger partial charge in [0.2, 0.25) is 0 Å². The van der Waals surface area contributed by atoms with Gasteiger partial charge in [-0.25, -0.2) is 9.98 Å². The Morgan fingerprint density at radius 3 is 2.50 bits per heavy atom. The lowest BCUT2D eigenvalue weighted by Gasteiger charge is -2.41. The van der Waals surface area contributed by atoms with Crippen LogP contribution in [0.1, 0.15) is 52.2 Å². The van der Waals surface area contributed by atoms with Crippen molar-refractivity contribution < 1.29 is 4.74 Å². The highest BCUT2D eigenvalue weighted by Gasteiger charge is 2.28. The Kier molecular flexibility index (Phi) is 7.43. The quantitative estimate of drug-likeness (QED) is 0.586. The van der Waals surface area contributed by atoms with Gasteiger partial charge < -0.3 is 15.4 Å². The molecule has 2 heterocycles. The first-order valence-corrected chi connectivity index (χ1v) is 10.4. The van der Waals surface area contributed by atoms with Crippen LogP contribution in [0.3, 0.4) is 0 Å². The first-order valence-electron chi connectivity index (χ1n) is 9.52. The molecule has 1 aliphatic heterocycles. The van der Waals surface area contributed by atoms with Gasteiger partial charge >= 0.3 is 0 Å². The van der Waals surface area contributed by atoms with E-state index in [2.05, 4.69) is 62.5 Å². The predicted octanol–water partition coefficient (Wildman–Crippen LogP) is 2.61. The van der Waals surface area contributed by atoms with Crippen molar-refractivity contribution in [2.24, 2.45) is 4.99 Å². The van der Waals surface area contributed by atoms with Crippen LogP contribution in [-0.4, -0.2) is 60.8 Å². The van der Waals surface area contributed by atoms with Crippen molar-refractivity contribution in [3.63, 3.8) is 0 Å². The van der Waals surface area contributed by atoms with Gasteiger partial charge in [-0.3, -0.25) is 4.90 Å². The van der Waals surface area contributed by atoms with Crippen molar-refractivity contribution >= 4 is 17.3 Å². The number of aromatic nitrogens is 1. The largest absolute Gasteiger partial charge is 0.379 e. The van der Waals surface area contributed by atoms with Crippen molar-refractivity contribution in [1.29, 1.82) is 0 Å². The van der Waals surface area contributed by atoms with E-state index in [0.29, 0.717) is 6.54 Å². The van der Waals surface area contributed by atoms with Crippen LogP contribution < -0.4 is 10.6 Å². The number of rotatable bonds is 6. The molecule has 1 aromatic rings. The van der Waals surface area contributed by atoms with Crippen LogP contribution in [0.2, 0.25) is 0 Å². The third-order valence-corrected chi connectivity index (χ3v) is 5.81. The molecule has 0 aromatic carbocycles. The molecule has 7 heteroatoms. The standard InChI is InChI=1S/C19H35N5OS/c1-7-20-17(21-12-15-13-26-16(23-15)18(2,3)4)22-14-19(5,6)24-8-10-25-11-9-24/h13H,7-12,14H2,1-6H3,(H2,20,21,22). The maximum absolute atomic E-state index is 5.47. The number of thiazole rings is 1. The summed E-state index contributed by atoms with van der Waals surface area (Å²) in [5, 5.41) is 10.1. The average molecular weight is 382 g/mol. The Morgan fingerprint density at radius 2 is 1.92 bits per heavy atom. The number of nitrogens with one attached hydrogen (secondary N) is 2. The normalized spacial score (nSPS) is 17.4. The molecule has 6 nitrogen and oxygen atoms in total. The van der Waals surface area contributed by atoms with Crippen molar-refractivity contribution in [1.82, 2.24) is 20.5 Å². The lowest BCUT2D eigenvalue weighted by molar-refractivity contribution is -0.00834. The highest BCUT2D eigenvalue weighted by Crippen LogP contribution is 2.25. The van der Waals surface area contributed by atoms with E-state index < -0.39 is 0 Å². The molecule has 0 bridgehead atoms. The molecule has 0 aliphatic carbocycles. The van der Waals surface area contributed by atoms with Crippen LogP contribution in [-0.2, 0) is 16.7 Å². The van der Waals surface area contributed by atoms with E-state index in [1.165, 1.54) is 0 Å². The zero-order valence-corrected chi connectivity index (χ0v) is 18.0. The molecular formula is C19H35N5OS. The van der Waals surface area contributed by atoms with E-state index >= 15 is 0 Å². The topological polar surface area (TPSA) is 61.8 Å². The molecule has 1 saturated heterocycles. The van der Waals surface area contributed by atoms with E-state index in [-0.39, 0.29) is 11.0 Å². The molecule has 2 rings (SSSR count). The second-order valence-corrected chi connectivity index (χ2v) is 9.21. The minimum absolute atomic E-state index is 0.0556. The van der Waals surface area contributed by atoms with Gasteiger partial charge in [-0.2, -0.15) is 0 Å². The van der Waals surface area contributed by atoms with Gasteiger partial charge in [-0.1, -0.05) is 20.8 Å². The predicted molar refractivity (Wildman–Crippen MR) is 110 cm³/mol. The van der Waals surface area contributed by atoms with Gasteiger partial charge in [0.1, 0.15) is 0 Å². The molecule has 26 heavy (non-hydrogen) atoms. The zero-order valence-electron chi connectivity index (χ0n) is 17.2. The zero-order chi connectivity index (χ0) is 19.2. The van der Waals surface area contributed by atoms with Crippen LogP contribution in [0.15, 0.2) is 10.4 Å². The number of ether oxygens (including phenoxy) is 1. The highest BCUT2D eigenvalue weighted by atomic mass is 32.1. The minimum Gasteiger partial charge on any atom is -0.379 e. The molecule has 2 N–H and O–H groups in total. The summed E-state index contributed by atoms with van der Waals surface area (Å²) in [5.74, 6) is 0.846. The third-order valence-electron chi connectivity index (χ3n) is 4.49. The fourth-order valence-electron chi connectivity index (χ4n) is 2.81. The summed E-state index contributed by atoms with van der Waals surface area (Å²) in [5.41, 5.74) is 1.18. The molecule has 0 spiro atoms. The molecule has 1 aromatic heterocycles. The van der Waals surface area contributed by atoms with Gasteiger partial charge in [0, 0.05) is 42.5 Å². The molecule has 0 amide bonds. The number of nitrogens with zero attached hydrogens (tertiary/aromatic N) is 3. The Labute approximate surface area is 162 Å². The third kappa shape index (κ3) is 6.21. The Bertz CT molecular complexity index is 585. The molecule has 0 atom stereocenters. The Hall–Kier alpha value is -1.18. The Balaban J connectivity index is 1.94. The van der Waals surface area contributed by atoms with Gasteiger partial charge in [0.05, 0.1) is 30.5 Å². The summed E-state index contributed by atoms with van der Waals surface area (Å²) in [7, 11) is 0. The second-order valence-electron chi connectivity index (χ2n) is 8.35. The van der Waals surface area contributed by atoms with Crippen molar-refractivity contribution in [2.75, 3.05) is 39.4 Å². The fourth-order valence-corrected chi connectivity index (χ4v) is 3.70. The molecule has 148 valence electrons. The number of hydrogen-bond acceptors (Lipinski definition) is 5. The highest BCUT2D eigenvalue weighted by molar-refractivity contribution is 7.09. The van der Waals surface area contributed by atoms with Gasteiger partial charge in [0.15, 0.2) is 5.96 Å². The minimum atomic E-state index is 0.0556. The summed E-state index contributed by atoms with van der Waals surface area (Å²) in [4.78, 5) is 11.9. The monoisotopic (exact) mass is 381 g/mol. The molecule has 0 saturated carbocycles.